The van der Waals surface area contributed by atoms with Gasteiger partial charge in [0.25, 0.3) is 11.6 Å². The Morgan fingerprint density at radius 1 is 1.50 bits per heavy atom. The molecular formula is C12H9N5O3. The number of nitriles is 1. The van der Waals surface area contributed by atoms with Crippen LogP contribution in [-0.2, 0) is 0 Å². The predicted molar refractivity (Wildman–Crippen MR) is 70.3 cm³/mol. The van der Waals surface area contributed by atoms with Crippen molar-refractivity contribution in [2.75, 3.05) is 5.43 Å². The van der Waals surface area contributed by atoms with E-state index < -0.39 is 4.92 Å². The Morgan fingerprint density at radius 2 is 2.20 bits per heavy atom. The molecule has 1 N–H and O–H groups in total. The van der Waals surface area contributed by atoms with E-state index in [1.807, 2.05) is 6.07 Å². The summed E-state index contributed by atoms with van der Waals surface area (Å²) in [5.74, 6) is 0.512. The van der Waals surface area contributed by atoms with E-state index in [-0.39, 0.29) is 17.3 Å². The average Bonchev–Trinajstić information content (AvgIpc) is 2.79. The Morgan fingerprint density at radius 3 is 2.80 bits per heavy atom. The molecule has 0 saturated heterocycles. The molecular weight excluding hydrogens is 262 g/mol. The maximum Gasteiger partial charge on any atom is 0.269 e. The van der Waals surface area contributed by atoms with E-state index in [4.69, 9.17) is 9.68 Å². The van der Waals surface area contributed by atoms with Crippen LogP contribution in [0.1, 0.15) is 17.1 Å². The highest BCUT2D eigenvalue weighted by Crippen LogP contribution is 2.15. The van der Waals surface area contributed by atoms with Crippen LogP contribution in [0.2, 0.25) is 0 Å². The highest BCUT2D eigenvalue weighted by atomic mass is 16.6. The molecule has 0 spiro atoms. The van der Waals surface area contributed by atoms with Gasteiger partial charge in [-0.05, 0) is 17.7 Å². The number of nitro groups is 1. The summed E-state index contributed by atoms with van der Waals surface area (Å²) in [5, 5.41) is 23.2. The largest absolute Gasteiger partial charge is 0.422 e. The number of oxazole rings is 1. The topological polar surface area (TPSA) is 117 Å². The van der Waals surface area contributed by atoms with Gasteiger partial charge < -0.3 is 4.42 Å². The van der Waals surface area contributed by atoms with Crippen molar-refractivity contribution in [1.82, 2.24) is 4.98 Å². The first kappa shape index (κ1) is 13.2. The predicted octanol–water partition coefficient (Wildman–Crippen LogP) is 2.21. The van der Waals surface area contributed by atoms with Crippen molar-refractivity contribution < 1.29 is 9.34 Å². The second kappa shape index (κ2) is 5.62. The molecule has 0 aliphatic heterocycles. The summed E-state index contributed by atoms with van der Waals surface area (Å²) in [4.78, 5) is 13.9. The van der Waals surface area contributed by atoms with Gasteiger partial charge in [0.2, 0.25) is 5.69 Å². The second-order valence-corrected chi connectivity index (χ2v) is 3.74. The number of nitrogens with zero attached hydrogens (tertiary/aromatic N) is 4. The Kier molecular flexibility index (Phi) is 3.72. The molecule has 0 aliphatic rings. The van der Waals surface area contributed by atoms with Gasteiger partial charge in [0.1, 0.15) is 6.07 Å². The van der Waals surface area contributed by atoms with Crippen LogP contribution < -0.4 is 5.43 Å². The van der Waals surface area contributed by atoms with Gasteiger partial charge in [0.15, 0.2) is 5.89 Å². The van der Waals surface area contributed by atoms with E-state index in [1.165, 1.54) is 18.3 Å². The van der Waals surface area contributed by atoms with E-state index in [2.05, 4.69) is 15.5 Å². The minimum atomic E-state index is -0.477. The number of hydrogen-bond acceptors (Lipinski definition) is 7. The molecule has 8 nitrogen and oxygen atoms in total. The van der Waals surface area contributed by atoms with Gasteiger partial charge in [-0.3, -0.25) is 10.1 Å². The van der Waals surface area contributed by atoms with Crippen LogP contribution >= 0.6 is 0 Å². The molecule has 1 heterocycles. The van der Waals surface area contributed by atoms with Gasteiger partial charge in [0, 0.05) is 19.1 Å². The zero-order valence-electron chi connectivity index (χ0n) is 10.4. The molecule has 0 fully saturated rings. The Bertz CT molecular complexity index is 697. The first-order valence-corrected chi connectivity index (χ1v) is 5.51. The summed E-state index contributed by atoms with van der Waals surface area (Å²) in [6, 6.07) is 7.73. The first-order valence-electron chi connectivity index (χ1n) is 5.51. The van der Waals surface area contributed by atoms with Gasteiger partial charge >= 0.3 is 0 Å². The molecule has 1 aromatic heterocycles. The fourth-order valence-corrected chi connectivity index (χ4v) is 1.43. The molecule has 0 amide bonds. The summed E-state index contributed by atoms with van der Waals surface area (Å²) in [5.41, 5.74) is 3.34. The average molecular weight is 271 g/mol. The lowest BCUT2D eigenvalue weighted by atomic mass is 10.2. The summed E-state index contributed by atoms with van der Waals surface area (Å²) < 4.78 is 5.15. The first-order chi connectivity index (χ1) is 9.60. The SMILES string of the molecule is Cc1nc(C#N)c(N/N=C/c2ccc([N+](=O)[O-])cc2)o1. The zero-order valence-corrected chi connectivity index (χ0v) is 10.4. The van der Waals surface area contributed by atoms with Crippen molar-refractivity contribution in [3.8, 4) is 6.07 Å². The minimum absolute atomic E-state index is 0.00716. The molecule has 0 saturated carbocycles. The van der Waals surface area contributed by atoms with E-state index >= 15 is 0 Å². The molecule has 20 heavy (non-hydrogen) atoms. The van der Waals surface area contributed by atoms with E-state index in [0.29, 0.717) is 11.5 Å². The highest BCUT2D eigenvalue weighted by molar-refractivity contribution is 5.80. The van der Waals surface area contributed by atoms with Crippen LogP contribution in [0, 0.1) is 28.4 Å². The molecule has 0 unspecified atom stereocenters. The smallest absolute Gasteiger partial charge is 0.269 e. The van der Waals surface area contributed by atoms with Gasteiger partial charge in [-0.1, -0.05) is 0 Å². The number of aromatic nitrogens is 1. The Labute approximate surface area is 113 Å². The quantitative estimate of drug-likeness (QED) is 0.517. The van der Waals surface area contributed by atoms with E-state index in [9.17, 15) is 10.1 Å². The maximum atomic E-state index is 10.5. The van der Waals surface area contributed by atoms with Gasteiger partial charge in [-0.2, -0.15) is 10.4 Å². The van der Waals surface area contributed by atoms with Gasteiger partial charge in [-0.25, -0.2) is 10.4 Å². The number of nitrogens with one attached hydrogen (secondary N) is 1. The van der Waals surface area contributed by atoms with Crippen molar-refractivity contribution in [1.29, 1.82) is 5.26 Å². The van der Waals surface area contributed by atoms with Crippen molar-refractivity contribution in [3.05, 3.63) is 51.5 Å². The molecule has 0 radical (unpaired) electrons. The molecule has 0 atom stereocenters. The van der Waals surface area contributed by atoms with Crippen LogP contribution in [0.3, 0.4) is 0 Å². The van der Waals surface area contributed by atoms with Crippen LogP contribution in [-0.4, -0.2) is 16.1 Å². The molecule has 0 bridgehead atoms. The third kappa shape index (κ3) is 2.97. The fourth-order valence-electron chi connectivity index (χ4n) is 1.43. The van der Waals surface area contributed by atoms with Crippen molar-refractivity contribution in [3.63, 3.8) is 0 Å². The lowest BCUT2D eigenvalue weighted by Gasteiger charge is -1.95. The van der Waals surface area contributed by atoms with Crippen molar-refractivity contribution >= 4 is 17.8 Å². The number of anilines is 1. The van der Waals surface area contributed by atoms with Crippen molar-refractivity contribution in [2.45, 2.75) is 6.92 Å². The van der Waals surface area contributed by atoms with Crippen LogP contribution in [0.5, 0.6) is 0 Å². The normalized spacial score (nSPS) is 10.4. The van der Waals surface area contributed by atoms with E-state index in [1.54, 1.807) is 19.1 Å². The second-order valence-electron chi connectivity index (χ2n) is 3.74. The lowest BCUT2D eigenvalue weighted by Crippen LogP contribution is -1.92. The van der Waals surface area contributed by atoms with Crippen molar-refractivity contribution in [2.24, 2.45) is 5.10 Å². The number of hydrazone groups is 1. The summed E-state index contributed by atoms with van der Waals surface area (Å²) in [7, 11) is 0. The third-order valence-electron chi connectivity index (χ3n) is 2.32. The molecule has 8 heteroatoms. The number of benzene rings is 1. The molecule has 2 aromatic rings. The maximum absolute atomic E-state index is 10.5. The van der Waals surface area contributed by atoms with Gasteiger partial charge in [-0.15, -0.1) is 0 Å². The standard InChI is InChI=1S/C12H9N5O3/c1-8-15-11(6-13)12(20-8)16-14-7-9-2-4-10(5-3-9)17(18)19/h2-5,7,16H,1H3/b14-7+. The third-order valence-corrected chi connectivity index (χ3v) is 2.32. The Balaban J connectivity index is 2.06. The van der Waals surface area contributed by atoms with Crippen LogP contribution in [0.4, 0.5) is 11.6 Å². The number of hydrogen-bond donors (Lipinski definition) is 1. The monoisotopic (exact) mass is 271 g/mol. The van der Waals surface area contributed by atoms with Crippen LogP contribution in [0.15, 0.2) is 33.8 Å². The summed E-state index contributed by atoms with van der Waals surface area (Å²) in [6.45, 7) is 1.62. The zero-order chi connectivity index (χ0) is 14.5. The molecule has 2 rings (SSSR count). The lowest BCUT2D eigenvalue weighted by molar-refractivity contribution is -0.384. The number of rotatable bonds is 4. The number of nitro benzene ring substituents is 1. The molecule has 1 aromatic carbocycles. The Hall–Kier alpha value is -3.21. The minimum Gasteiger partial charge on any atom is -0.422 e. The fraction of sp³-hybridized carbons (Fsp3) is 0.0833. The van der Waals surface area contributed by atoms with E-state index in [0.717, 1.165) is 0 Å². The van der Waals surface area contributed by atoms with Crippen LogP contribution in [0.25, 0.3) is 0 Å². The van der Waals surface area contributed by atoms with Gasteiger partial charge in [0.05, 0.1) is 11.1 Å². The molecule has 100 valence electrons. The number of aryl methyl sites for hydroxylation is 1. The summed E-state index contributed by atoms with van der Waals surface area (Å²) >= 11 is 0. The highest BCUT2D eigenvalue weighted by Gasteiger charge is 2.08. The summed E-state index contributed by atoms with van der Waals surface area (Å²) in [6.07, 6.45) is 1.45. The number of non-ortho nitro benzene ring substituents is 1. The molecule has 0 aliphatic carbocycles.